The molecule has 3 heterocycles. The van der Waals surface area contributed by atoms with Gasteiger partial charge in [-0.25, -0.2) is 4.98 Å². The molecule has 3 N–H and O–H groups in total. The lowest BCUT2D eigenvalue weighted by Crippen LogP contribution is -2.57. The van der Waals surface area contributed by atoms with E-state index in [1.807, 2.05) is 4.90 Å². The normalized spacial score (nSPS) is 25.2. The number of amides is 2. The van der Waals surface area contributed by atoms with Gasteiger partial charge in [0.05, 0.1) is 25.3 Å². The van der Waals surface area contributed by atoms with Crippen molar-refractivity contribution in [2.75, 3.05) is 26.2 Å². The quantitative estimate of drug-likeness (QED) is 0.578. The maximum Gasteiger partial charge on any atom is 0.317 e. The monoisotopic (exact) mass is 391 g/mol. The molecule has 2 amide bonds. The fourth-order valence-electron chi connectivity index (χ4n) is 4.44. The first-order chi connectivity index (χ1) is 13.3. The highest BCUT2D eigenvalue weighted by molar-refractivity contribution is 5.85. The number of carbonyl (C=O) groups is 3. The van der Waals surface area contributed by atoms with Crippen LogP contribution in [0.1, 0.15) is 32.4 Å². The number of aromatic amines is 1. The summed E-state index contributed by atoms with van der Waals surface area (Å²) < 4.78 is 0. The van der Waals surface area contributed by atoms with Crippen LogP contribution in [0.3, 0.4) is 0 Å². The van der Waals surface area contributed by atoms with Crippen LogP contribution in [-0.2, 0) is 20.8 Å². The molecule has 0 saturated carbocycles. The van der Waals surface area contributed by atoms with Crippen LogP contribution in [0, 0.1) is 11.8 Å². The molecule has 9 heteroatoms. The summed E-state index contributed by atoms with van der Waals surface area (Å²) in [5.41, 5.74) is 0.961. The molecule has 2 aliphatic rings. The van der Waals surface area contributed by atoms with E-state index in [0.29, 0.717) is 31.8 Å². The van der Waals surface area contributed by atoms with Gasteiger partial charge in [-0.1, -0.05) is 13.8 Å². The zero-order valence-electron chi connectivity index (χ0n) is 16.4. The summed E-state index contributed by atoms with van der Waals surface area (Å²) in [6.07, 6.45) is 5.36. The molecule has 9 nitrogen and oxygen atoms in total. The average Bonchev–Trinajstić information content (AvgIpc) is 3.22. The summed E-state index contributed by atoms with van der Waals surface area (Å²) in [6, 6.07) is -0.232. The van der Waals surface area contributed by atoms with Crippen LogP contribution in [0.15, 0.2) is 12.5 Å². The Morgan fingerprint density at radius 2 is 2.21 bits per heavy atom. The van der Waals surface area contributed by atoms with Gasteiger partial charge < -0.3 is 20.3 Å². The number of aliphatic carboxylic acids is 1. The third-order valence-corrected chi connectivity index (χ3v) is 5.51. The Hall–Kier alpha value is -2.42. The number of hydrogen-bond acceptors (Lipinski definition) is 5. The highest BCUT2D eigenvalue weighted by Gasteiger charge is 2.49. The minimum Gasteiger partial charge on any atom is -0.480 e. The van der Waals surface area contributed by atoms with Crippen molar-refractivity contribution in [3.8, 4) is 0 Å². The van der Waals surface area contributed by atoms with Crippen LogP contribution in [0.4, 0.5) is 0 Å². The Morgan fingerprint density at radius 3 is 2.86 bits per heavy atom. The average molecular weight is 391 g/mol. The van der Waals surface area contributed by atoms with Crippen LogP contribution in [-0.4, -0.2) is 80.9 Å². The van der Waals surface area contributed by atoms with Crippen molar-refractivity contribution in [1.29, 1.82) is 0 Å². The number of nitrogens with one attached hydrogen (secondary N) is 2. The van der Waals surface area contributed by atoms with Gasteiger partial charge >= 0.3 is 5.97 Å². The second-order valence-electron chi connectivity index (χ2n) is 8.18. The summed E-state index contributed by atoms with van der Waals surface area (Å²) in [6.45, 7) is 5.15. The fourth-order valence-corrected chi connectivity index (χ4v) is 4.44. The summed E-state index contributed by atoms with van der Waals surface area (Å²) in [5.74, 6) is -0.948. The molecule has 3 rings (SSSR count). The maximum atomic E-state index is 12.9. The molecule has 2 aliphatic heterocycles. The highest BCUT2D eigenvalue weighted by atomic mass is 16.4. The minimum absolute atomic E-state index is 0.0304. The van der Waals surface area contributed by atoms with Crippen LogP contribution >= 0.6 is 0 Å². The number of carboxylic acid groups (broad SMARTS) is 1. The third kappa shape index (κ3) is 4.70. The first-order valence-electron chi connectivity index (χ1n) is 9.85. The third-order valence-electron chi connectivity index (χ3n) is 5.51. The first kappa shape index (κ1) is 20.3. The lowest BCUT2D eigenvalue weighted by atomic mass is 9.91. The van der Waals surface area contributed by atoms with Gasteiger partial charge in [0.25, 0.3) is 0 Å². The van der Waals surface area contributed by atoms with Crippen LogP contribution in [0.25, 0.3) is 0 Å². The van der Waals surface area contributed by atoms with E-state index in [9.17, 15) is 14.4 Å². The second-order valence-corrected chi connectivity index (χ2v) is 8.18. The first-order valence-corrected chi connectivity index (χ1v) is 9.85. The number of carboxylic acids is 1. The topological polar surface area (TPSA) is 119 Å². The van der Waals surface area contributed by atoms with Gasteiger partial charge in [0.15, 0.2) is 0 Å². The highest BCUT2D eigenvalue weighted by Crippen LogP contribution is 2.36. The van der Waals surface area contributed by atoms with Crippen molar-refractivity contribution in [2.45, 2.75) is 45.2 Å². The Morgan fingerprint density at radius 1 is 1.43 bits per heavy atom. The Bertz CT molecular complexity index is 705. The Kier molecular flexibility index (Phi) is 6.33. The molecular weight excluding hydrogens is 362 g/mol. The number of H-pyrrole nitrogens is 1. The lowest BCUT2D eigenvalue weighted by molar-refractivity contribution is -0.145. The summed E-state index contributed by atoms with van der Waals surface area (Å²) in [7, 11) is 0. The van der Waals surface area contributed by atoms with E-state index in [-0.39, 0.29) is 42.9 Å². The van der Waals surface area contributed by atoms with Gasteiger partial charge in [-0.05, 0) is 18.8 Å². The fraction of sp³-hybridized carbons (Fsp3) is 0.684. The molecule has 2 saturated heterocycles. The maximum absolute atomic E-state index is 12.9. The van der Waals surface area contributed by atoms with Gasteiger partial charge in [0, 0.05) is 43.5 Å². The van der Waals surface area contributed by atoms with Crippen LogP contribution < -0.4 is 5.32 Å². The van der Waals surface area contributed by atoms with Crippen molar-refractivity contribution in [3.63, 3.8) is 0 Å². The van der Waals surface area contributed by atoms with Gasteiger partial charge in [-0.15, -0.1) is 0 Å². The number of carbonyl (C=O) groups excluding carboxylic acids is 2. The smallest absolute Gasteiger partial charge is 0.317 e. The van der Waals surface area contributed by atoms with E-state index in [0.717, 1.165) is 12.1 Å². The summed E-state index contributed by atoms with van der Waals surface area (Å²) in [4.78, 5) is 47.2. The number of aromatic nitrogens is 2. The van der Waals surface area contributed by atoms with E-state index in [1.165, 1.54) is 0 Å². The van der Waals surface area contributed by atoms with E-state index >= 15 is 0 Å². The molecule has 0 spiro atoms. The van der Waals surface area contributed by atoms with Crippen molar-refractivity contribution in [3.05, 3.63) is 18.2 Å². The predicted octanol–water partition coefficient (Wildman–Crippen LogP) is 0.100. The van der Waals surface area contributed by atoms with Gasteiger partial charge in [0.1, 0.15) is 0 Å². The van der Waals surface area contributed by atoms with E-state index in [4.69, 9.17) is 5.11 Å². The molecular formula is C19H29N5O4. The minimum atomic E-state index is -0.939. The number of nitrogens with zero attached hydrogens (tertiary/aromatic N) is 3. The van der Waals surface area contributed by atoms with E-state index < -0.39 is 5.97 Å². The molecule has 1 aromatic heterocycles. The number of fused-ring (bicyclic) bond motifs is 1. The standard InChI is InChI=1S/C19H29N5O4/c1-12(2)5-16-15(19(28)21-4-3-13-7-20-11-22-13)6-14-8-23(10-18(26)27)9-17(25)24(14)16/h7,11-12,14-16H,3-6,8-10H2,1-2H3,(H,20,22)(H,21,28)(H,26,27)/t14-,15-,16-/m1/s1. The molecule has 3 atom stereocenters. The van der Waals surface area contributed by atoms with Gasteiger partial charge in [0.2, 0.25) is 11.8 Å². The zero-order valence-corrected chi connectivity index (χ0v) is 16.4. The van der Waals surface area contributed by atoms with E-state index in [2.05, 4.69) is 29.1 Å². The van der Waals surface area contributed by atoms with Crippen molar-refractivity contribution < 1.29 is 19.5 Å². The van der Waals surface area contributed by atoms with Crippen molar-refractivity contribution in [1.82, 2.24) is 25.1 Å². The number of imidazole rings is 1. The van der Waals surface area contributed by atoms with Crippen LogP contribution in [0.5, 0.6) is 0 Å². The Balaban J connectivity index is 1.66. The van der Waals surface area contributed by atoms with Gasteiger partial charge in [-0.3, -0.25) is 19.3 Å². The Labute approximate surface area is 164 Å². The van der Waals surface area contributed by atoms with E-state index in [1.54, 1.807) is 17.4 Å². The summed E-state index contributed by atoms with van der Waals surface area (Å²) >= 11 is 0. The largest absolute Gasteiger partial charge is 0.480 e. The van der Waals surface area contributed by atoms with Crippen molar-refractivity contribution in [2.24, 2.45) is 11.8 Å². The van der Waals surface area contributed by atoms with Crippen LogP contribution in [0.2, 0.25) is 0 Å². The predicted molar refractivity (Wildman–Crippen MR) is 101 cm³/mol. The molecule has 28 heavy (non-hydrogen) atoms. The molecule has 0 unspecified atom stereocenters. The SMILES string of the molecule is CC(C)C[C@@H]1[C@H](C(=O)NCCc2cnc[nH]2)C[C@@H]2CN(CC(=O)O)CC(=O)N21. The molecule has 1 aromatic rings. The number of piperazine rings is 1. The molecule has 2 fully saturated rings. The molecule has 154 valence electrons. The zero-order chi connectivity index (χ0) is 20.3. The molecule has 0 radical (unpaired) electrons. The molecule has 0 aromatic carbocycles. The van der Waals surface area contributed by atoms with Gasteiger partial charge in [-0.2, -0.15) is 0 Å². The summed E-state index contributed by atoms with van der Waals surface area (Å²) in [5, 5.41) is 12.0. The number of hydrogen-bond donors (Lipinski definition) is 3. The van der Waals surface area contributed by atoms with Crippen molar-refractivity contribution >= 4 is 17.8 Å². The number of rotatable bonds is 8. The molecule has 0 aliphatic carbocycles. The second kappa shape index (κ2) is 8.72. The lowest BCUT2D eigenvalue weighted by Gasteiger charge is -2.40. The molecule has 0 bridgehead atoms.